The van der Waals surface area contributed by atoms with E-state index >= 15 is 0 Å². The third-order valence-corrected chi connectivity index (χ3v) is 5.83. The zero-order valence-electron chi connectivity index (χ0n) is 20.2. The molecule has 0 radical (unpaired) electrons. The van der Waals surface area contributed by atoms with E-state index in [-0.39, 0.29) is 17.8 Å². The van der Waals surface area contributed by atoms with Gasteiger partial charge in [-0.25, -0.2) is 0 Å². The largest absolute Gasteiger partial charge is 0.492 e. The van der Waals surface area contributed by atoms with Crippen molar-refractivity contribution in [3.8, 4) is 17.0 Å². The maximum Gasteiger partial charge on any atom is 0.309 e. The number of hydrogen-bond donors (Lipinski definition) is 1. The quantitative estimate of drug-likeness (QED) is 0.549. The van der Waals surface area contributed by atoms with E-state index < -0.39 is 0 Å². The van der Waals surface area contributed by atoms with Gasteiger partial charge in [-0.2, -0.15) is 5.10 Å². The average Bonchev–Trinajstić information content (AvgIpc) is 3.20. The lowest BCUT2D eigenvalue weighted by Gasteiger charge is -2.30. The number of hydrogen-bond acceptors (Lipinski definition) is 6. The Morgan fingerprint density at radius 2 is 1.97 bits per heavy atom. The lowest BCUT2D eigenvalue weighted by atomic mass is 9.97. The van der Waals surface area contributed by atoms with Crippen LogP contribution < -0.4 is 10.1 Å². The summed E-state index contributed by atoms with van der Waals surface area (Å²) < 4.78 is 13.1. The molecule has 0 unspecified atom stereocenters. The Balaban J connectivity index is 1.61. The molecule has 0 bridgehead atoms. The molecule has 8 nitrogen and oxygen atoms in total. The van der Waals surface area contributed by atoms with Gasteiger partial charge in [0.2, 0.25) is 5.91 Å². The molecule has 1 aromatic carbocycles. The zero-order valence-corrected chi connectivity index (χ0v) is 20.2. The molecule has 33 heavy (non-hydrogen) atoms. The summed E-state index contributed by atoms with van der Waals surface area (Å²) in [5, 5.41) is 7.26. The molecule has 0 atom stereocenters. The molecular formula is C25H36N4O4. The highest BCUT2D eigenvalue weighted by molar-refractivity contribution is 5.92. The number of aryl methyl sites for hydroxylation is 1. The molecule has 0 spiro atoms. The fraction of sp³-hybridized carbons (Fsp3) is 0.560. The second kappa shape index (κ2) is 11.8. The fourth-order valence-electron chi connectivity index (χ4n) is 4.09. The Bertz CT molecular complexity index is 932. The topological polar surface area (TPSA) is 85.7 Å². The summed E-state index contributed by atoms with van der Waals surface area (Å²) in [4.78, 5) is 26.5. The van der Waals surface area contributed by atoms with Crippen molar-refractivity contribution >= 4 is 17.6 Å². The minimum atomic E-state index is -0.0743. The van der Waals surface area contributed by atoms with Crippen LogP contribution in [0.25, 0.3) is 11.3 Å². The number of amides is 1. The molecule has 3 rings (SSSR count). The molecule has 1 aromatic heterocycles. The molecule has 180 valence electrons. The number of piperidine rings is 1. The monoisotopic (exact) mass is 456 g/mol. The summed E-state index contributed by atoms with van der Waals surface area (Å²) in [5.74, 6) is 0.987. The second-order valence-corrected chi connectivity index (χ2v) is 8.91. The van der Waals surface area contributed by atoms with Crippen LogP contribution in [-0.2, 0) is 21.4 Å². The average molecular weight is 457 g/mol. The van der Waals surface area contributed by atoms with E-state index in [1.807, 2.05) is 52.1 Å². The van der Waals surface area contributed by atoms with Crippen LogP contribution in [-0.4, -0.2) is 59.4 Å². The summed E-state index contributed by atoms with van der Waals surface area (Å²) in [6.45, 7) is 9.38. The Morgan fingerprint density at radius 1 is 1.21 bits per heavy atom. The van der Waals surface area contributed by atoms with Crippen LogP contribution in [0.15, 0.2) is 30.5 Å². The first-order chi connectivity index (χ1) is 15.9. The molecule has 0 aliphatic carbocycles. The van der Waals surface area contributed by atoms with Crippen LogP contribution in [0.3, 0.4) is 0 Å². The van der Waals surface area contributed by atoms with Gasteiger partial charge in [0.1, 0.15) is 12.4 Å². The molecule has 8 heteroatoms. The van der Waals surface area contributed by atoms with Gasteiger partial charge in [-0.05, 0) is 63.0 Å². The van der Waals surface area contributed by atoms with Crippen LogP contribution in [0, 0.1) is 11.8 Å². The van der Waals surface area contributed by atoms with Gasteiger partial charge in [-0.15, -0.1) is 0 Å². The van der Waals surface area contributed by atoms with E-state index in [1.54, 1.807) is 10.9 Å². The molecule has 1 aliphatic rings. The van der Waals surface area contributed by atoms with Crippen molar-refractivity contribution in [2.24, 2.45) is 18.9 Å². The number of ether oxygens (including phenoxy) is 2. The van der Waals surface area contributed by atoms with Gasteiger partial charge in [-0.1, -0.05) is 13.8 Å². The summed E-state index contributed by atoms with van der Waals surface area (Å²) >= 11 is 0. The number of benzene rings is 1. The van der Waals surface area contributed by atoms with Gasteiger partial charge >= 0.3 is 5.97 Å². The Hall–Kier alpha value is -2.87. The van der Waals surface area contributed by atoms with Crippen LogP contribution in [0.5, 0.6) is 5.75 Å². The van der Waals surface area contributed by atoms with Crippen molar-refractivity contribution in [3.05, 3.63) is 30.5 Å². The van der Waals surface area contributed by atoms with E-state index in [4.69, 9.17) is 9.47 Å². The minimum absolute atomic E-state index is 0.000783. The molecule has 1 fully saturated rings. The number of aromatic nitrogens is 2. The standard InChI is InChI=1S/C25H36N4O4/c1-5-32-25(31)19-9-12-29(13-10-19)14-15-33-23-7-6-20(27-24(30)16-18(2)3)17-21(23)22-8-11-26-28(22)4/h6-8,11,17-19H,5,9-10,12-16H2,1-4H3,(H,27,30). The highest BCUT2D eigenvalue weighted by Gasteiger charge is 2.25. The number of carbonyl (C=O) groups excluding carboxylic acids is 2. The summed E-state index contributed by atoms with van der Waals surface area (Å²) in [6, 6.07) is 7.65. The predicted molar refractivity (Wildman–Crippen MR) is 128 cm³/mol. The number of carbonyl (C=O) groups is 2. The highest BCUT2D eigenvalue weighted by atomic mass is 16.5. The van der Waals surface area contributed by atoms with Gasteiger partial charge in [0.15, 0.2) is 0 Å². The van der Waals surface area contributed by atoms with E-state index in [9.17, 15) is 9.59 Å². The maximum absolute atomic E-state index is 12.2. The lowest BCUT2D eigenvalue weighted by Crippen LogP contribution is -2.39. The second-order valence-electron chi connectivity index (χ2n) is 8.91. The molecule has 1 saturated heterocycles. The third kappa shape index (κ3) is 7.05. The SMILES string of the molecule is CCOC(=O)C1CCN(CCOc2ccc(NC(=O)CC(C)C)cc2-c2ccnn2C)CC1. The number of rotatable bonds is 10. The summed E-state index contributed by atoms with van der Waals surface area (Å²) in [7, 11) is 1.89. The maximum atomic E-state index is 12.2. The van der Waals surface area contributed by atoms with Gasteiger partial charge in [0.25, 0.3) is 0 Å². The van der Waals surface area contributed by atoms with Crippen molar-refractivity contribution < 1.29 is 19.1 Å². The molecule has 0 saturated carbocycles. The first-order valence-corrected chi connectivity index (χ1v) is 11.8. The van der Waals surface area contributed by atoms with Gasteiger partial charge in [0, 0.05) is 37.5 Å². The molecule has 2 aromatic rings. The zero-order chi connectivity index (χ0) is 23.8. The Kier molecular flexibility index (Phi) is 8.88. The molecular weight excluding hydrogens is 420 g/mol. The van der Waals surface area contributed by atoms with E-state index in [2.05, 4.69) is 15.3 Å². The van der Waals surface area contributed by atoms with Crippen LogP contribution in [0.4, 0.5) is 5.69 Å². The van der Waals surface area contributed by atoms with Gasteiger partial charge < -0.3 is 14.8 Å². The minimum Gasteiger partial charge on any atom is -0.492 e. The number of anilines is 1. The van der Waals surface area contributed by atoms with E-state index in [0.29, 0.717) is 25.6 Å². The summed E-state index contributed by atoms with van der Waals surface area (Å²) in [6.07, 6.45) is 3.87. The van der Waals surface area contributed by atoms with Crippen LogP contribution >= 0.6 is 0 Å². The predicted octanol–water partition coefficient (Wildman–Crippen LogP) is 3.73. The third-order valence-electron chi connectivity index (χ3n) is 5.83. The van der Waals surface area contributed by atoms with E-state index in [1.165, 1.54) is 0 Å². The van der Waals surface area contributed by atoms with E-state index in [0.717, 1.165) is 55.2 Å². The van der Waals surface area contributed by atoms with Crippen molar-refractivity contribution in [2.75, 3.05) is 38.2 Å². The van der Waals surface area contributed by atoms with Crippen molar-refractivity contribution in [1.82, 2.24) is 14.7 Å². The smallest absolute Gasteiger partial charge is 0.309 e. The van der Waals surface area contributed by atoms with Crippen molar-refractivity contribution in [1.29, 1.82) is 0 Å². The molecule has 1 amide bonds. The summed E-state index contributed by atoms with van der Waals surface area (Å²) in [5.41, 5.74) is 2.55. The van der Waals surface area contributed by atoms with Crippen molar-refractivity contribution in [3.63, 3.8) is 0 Å². The number of nitrogens with one attached hydrogen (secondary N) is 1. The Morgan fingerprint density at radius 3 is 2.61 bits per heavy atom. The number of likely N-dealkylation sites (tertiary alicyclic amines) is 1. The first kappa shape index (κ1) is 24.8. The van der Waals surface area contributed by atoms with Crippen LogP contribution in [0.2, 0.25) is 0 Å². The highest BCUT2D eigenvalue weighted by Crippen LogP contribution is 2.32. The van der Waals surface area contributed by atoms with Crippen LogP contribution in [0.1, 0.15) is 40.0 Å². The molecule has 2 heterocycles. The molecule has 1 aliphatic heterocycles. The van der Waals surface area contributed by atoms with Gasteiger partial charge in [-0.3, -0.25) is 19.2 Å². The fourth-order valence-corrected chi connectivity index (χ4v) is 4.09. The first-order valence-electron chi connectivity index (χ1n) is 11.8. The van der Waals surface area contributed by atoms with Gasteiger partial charge in [0.05, 0.1) is 18.2 Å². The van der Waals surface area contributed by atoms with Crippen molar-refractivity contribution in [2.45, 2.75) is 40.0 Å². The normalized spacial score (nSPS) is 14.9. The lowest BCUT2D eigenvalue weighted by molar-refractivity contribution is -0.149. The number of nitrogens with zero attached hydrogens (tertiary/aromatic N) is 3. The Labute approximate surface area is 196 Å². The molecule has 1 N–H and O–H groups in total. The number of esters is 1.